The van der Waals surface area contributed by atoms with Gasteiger partial charge in [0.1, 0.15) is 17.0 Å². The maximum atomic E-state index is 7.67. The lowest BCUT2D eigenvalue weighted by Gasteiger charge is -2.36. The first-order chi connectivity index (χ1) is 43.6. The zero-order valence-corrected chi connectivity index (χ0v) is 53.1. The molecule has 0 fully saturated rings. The van der Waals surface area contributed by atoms with Crippen LogP contribution in [0, 0.1) is 27.7 Å². The number of nitrogens with zero attached hydrogens (tertiary/aromatic N) is 3. The number of fused-ring (bicyclic) bond motifs is 12. The van der Waals surface area contributed by atoms with E-state index in [4.69, 9.17) is 14.4 Å². The van der Waals surface area contributed by atoms with Crippen LogP contribution in [-0.4, -0.2) is 9.97 Å². The fraction of sp³-hybridized carbons (Fsp3) is 0.163. The third kappa shape index (κ3) is 9.09. The van der Waals surface area contributed by atoms with E-state index in [9.17, 15) is 0 Å². The summed E-state index contributed by atoms with van der Waals surface area (Å²) in [4.78, 5) is 13.4. The van der Waals surface area contributed by atoms with E-state index >= 15 is 0 Å². The molecule has 14 aromatic rings. The molecule has 1 atom stereocenters. The van der Waals surface area contributed by atoms with Crippen molar-refractivity contribution < 1.29 is 4.42 Å². The summed E-state index contributed by atoms with van der Waals surface area (Å²) in [5.74, 6) is 0.532. The number of hydrogen-bond donors (Lipinski definition) is 0. The molecule has 15 rings (SSSR count). The molecule has 4 nitrogen and oxygen atoms in total. The Kier molecular flexibility index (Phi) is 13.5. The van der Waals surface area contributed by atoms with Gasteiger partial charge in [0.25, 0.3) is 0 Å². The second-order valence-corrected chi connectivity index (χ2v) is 27.1. The second kappa shape index (κ2) is 21.6. The predicted octanol–water partition coefficient (Wildman–Crippen LogP) is 22.9. The highest BCUT2D eigenvalue weighted by molar-refractivity contribution is 6.24. The zero-order valence-electron chi connectivity index (χ0n) is 53.1. The topological polar surface area (TPSA) is 42.2 Å². The molecule has 1 aliphatic carbocycles. The first-order valence-corrected chi connectivity index (χ1v) is 31.7. The summed E-state index contributed by atoms with van der Waals surface area (Å²) in [5, 5.41) is 6.80. The number of aryl methyl sites for hydroxylation is 4. The van der Waals surface area contributed by atoms with Gasteiger partial charge in [0, 0.05) is 51.2 Å². The van der Waals surface area contributed by atoms with Crippen molar-refractivity contribution in [3.05, 3.63) is 328 Å². The predicted molar refractivity (Wildman–Crippen MR) is 377 cm³/mol. The van der Waals surface area contributed by atoms with Gasteiger partial charge in [0.15, 0.2) is 0 Å². The van der Waals surface area contributed by atoms with E-state index in [-0.39, 0.29) is 16.7 Å². The molecule has 438 valence electrons. The van der Waals surface area contributed by atoms with E-state index in [1.807, 2.05) is 6.20 Å². The highest BCUT2D eigenvalue weighted by Crippen LogP contribution is 2.64. The molecule has 0 amide bonds. The van der Waals surface area contributed by atoms with Gasteiger partial charge in [-0.05, 0) is 186 Å². The molecule has 90 heavy (non-hydrogen) atoms. The van der Waals surface area contributed by atoms with Crippen molar-refractivity contribution in [1.29, 1.82) is 0 Å². The second-order valence-electron chi connectivity index (χ2n) is 27.1. The number of aromatic nitrogens is 2. The number of hydrogen-bond acceptors (Lipinski definition) is 4. The standard InChI is InChI=1S/C86H73N3O/c1-53-47-71(64-31-19-17-25-55(64)3)81(87-51-53)76(57-37-39-58(40-38-57)84(5,6)7)73-50-74-79(82-77(73)69-35-23-24-36-75(69)90-82)78-67-34-22-21-33-66(67)70-49-63(45-46-68(70)80(78)86(74,60-27-13-11-14-28-60)61-29-15-12-16-30-61)89(62-43-41-59(42-44-62)85(8,9)10)83-72(48-54(2)52-88-83)65-32-20-18-26-56(65)4/h11-52,76H,1-10H3. The van der Waals surface area contributed by atoms with Gasteiger partial charge in [-0.2, -0.15) is 0 Å². The maximum Gasteiger partial charge on any atom is 0.145 e. The van der Waals surface area contributed by atoms with Gasteiger partial charge in [0.05, 0.1) is 17.0 Å². The van der Waals surface area contributed by atoms with Crippen LogP contribution in [0.15, 0.2) is 259 Å². The van der Waals surface area contributed by atoms with Crippen molar-refractivity contribution in [2.75, 3.05) is 4.90 Å². The van der Waals surface area contributed by atoms with Crippen LogP contribution in [0.5, 0.6) is 0 Å². The van der Waals surface area contributed by atoms with Crippen LogP contribution in [0.3, 0.4) is 0 Å². The van der Waals surface area contributed by atoms with E-state index in [0.29, 0.717) is 0 Å². The monoisotopic (exact) mass is 1160 g/mol. The first-order valence-electron chi connectivity index (χ1n) is 31.7. The molecule has 0 bridgehead atoms. The Morgan fingerprint density at radius 3 is 1.57 bits per heavy atom. The van der Waals surface area contributed by atoms with E-state index < -0.39 is 5.41 Å². The minimum atomic E-state index is -0.877. The molecule has 4 heteroatoms. The molecular formula is C86H73N3O. The quantitative estimate of drug-likeness (QED) is 0.128. The van der Waals surface area contributed by atoms with Crippen LogP contribution in [0.25, 0.3) is 76.9 Å². The summed E-state index contributed by atoms with van der Waals surface area (Å²) < 4.78 is 7.67. The van der Waals surface area contributed by atoms with E-state index in [1.54, 1.807) is 0 Å². The van der Waals surface area contributed by atoms with Crippen LogP contribution in [0.4, 0.5) is 17.2 Å². The Morgan fingerprint density at radius 1 is 0.422 bits per heavy atom. The largest absolute Gasteiger partial charge is 0.455 e. The average molecular weight is 1160 g/mol. The van der Waals surface area contributed by atoms with Crippen molar-refractivity contribution in [3.8, 4) is 33.4 Å². The molecule has 0 N–H and O–H groups in total. The Hall–Kier alpha value is -10.2. The van der Waals surface area contributed by atoms with Gasteiger partial charge in [-0.25, -0.2) is 4.98 Å². The Morgan fingerprint density at radius 2 is 0.944 bits per heavy atom. The summed E-state index contributed by atoms with van der Waals surface area (Å²) in [6, 6.07) is 90.8. The van der Waals surface area contributed by atoms with E-state index in [1.165, 1.54) is 55.6 Å². The number of benzene rings is 11. The van der Waals surface area contributed by atoms with Gasteiger partial charge >= 0.3 is 0 Å². The minimum absolute atomic E-state index is 0.0310. The number of pyridine rings is 2. The van der Waals surface area contributed by atoms with Crippen molar-refractivity contribution in [3.63, 3.8) is 0 Å². The SMILES string of the molecule is Cc1cnc(C(c2ccc(C(C)(C)C)cc2)c2cc3c(c4oc5ccccc5c24)-c2c(c4ccc(N(c5ccc(C(C)(C)C)cc5)c5ncc(C)cc5-c5ccccc5C)cc4c4ccccc24)C3(c2ccccc2)c2ccccc2)c(-c2ccccc2C)c1. The van der Waals surface area contributed by atoms with E-state index in [2.05, 4.69) is 323 Å². The number of rotatable bonds is 10. The lowest BCUT2D eigenvalue weighted by Crippen LogP contribution is -2.29. The summed E-state index contributed by atoms with van der Waals surface area (Å²) in [7, 11) is 0. The number of anilines is 3. The Bertz CT molecular complexity index is 5080. The van der Waals surface area contributed by atoms with Crippen molar-refractivity contribution in [2.24, 2.45) is 0 Å². The lowest BCUT2D eigenvalue weighted by molar-refractivity contribution is 0.589. The fourth-order valence-electron chi connectivity index (χ4n) is 14.8. The minimum Gasteiger partial charge on any atom is -0.455 e. The molecule has 1 aliphatic rings. The van der Waals surface area contributed by atoms with Gasteiger partial charge in [-0.15, -0.1) is 0 Å². The van der Waals surface area contributed by atoms with Crippen LogP contribution >= 0.6 is 0 Å². The van der Waals surface area contributed by atoms with Gasteiger partial charge < -0.3 is 4.42 Å². The maximum absolute atomic E-state index is 7.67. The molecule has 11 aromatic carbocycles. The van der Waals surface area contributed by atoms with Crippen LogP contribution in [0.2, 0.25) is 0 Å². The summed E-state index contributed by atoms with van der Waals surface area (Å²) in [5.41, 5.74) is 24.8. The Labute approximate surface area is 529 Å². The van der Waals surface area contributed by atoms with Crippen LogP contribution < -0.4 is 4.90 Å². The third-order valence-electron chi connectivity index (χ3n) is 19.2. The molecule has 0 aliphatic heterocycles. The highest BCUT2D eigenvalue weighted by atomic mass is 16.3. The lowest BCUT2D eigenvalue weighted by atomic mass is 9.65. The van der Waals surface area contributed by atoms with Crippen molar-refractivity contribution in [1.82, 2.24) is 9.97 Å². The first kappa shape index (κ1) is 56.4. The average Bonchev–Trinajstić information content (AvgIpc) is 1.49. The zero-order chi connectivity index (χ0) is 61.8. The number of furan rings is 1. The molecule has 0 spiro atoms. The van der Waals surface area contributed by atoms with E-state index in [0.717, 1.165) is 111 Å². The molecule has 1 unspecified atom stereocenters. The van der Waals surface area contributed by atoms with Crippen molar-refractivity contribution >= 4 is 60.7 Å². The number of para-hydroxylation sites is 1. The van der Waals surface area contributed by atoms with Gasteiger partial charge in [-0.1, -0.05) is 242 Å². The normalized spacial score (nSPS) is 13.3. The molecular weight excluding hydrogens is 1090 g/mol. The van der Waals surface area contributed by atoms with Crippen molar-refractivity contribution in [2.45, 2.75) is 91.4 Å². The smallest absolute Gasteiger partial charge is 0.145 e. The van der Waals surface area contributed by atoms with Crippen LogP contribution in [-0.2, 0) is 16.2 Å². The molecule has 3 aromatic heterocycles. The summed E-state index contributed by atoms with van der Waals surface area (Å²) in [6.45, 7) is 22.4. The molecule has 0 saturated carbocycles. The van der Waals surface area contributed by atoms with Gasteiger partial charge in [-0.3, -0.25) is 9.88 Å². The third-order valence-corrected chi connectivity index (χ3v) is 19.2. The van der Waals surface area contributed by atoms with Crippen LogP contribution in [0.1, 0.15) is 120 Å². The molecule has 3 heterocycles. The summed E-state index contributed by atoms with van der Waals surface area (Å²) in [6.07, 6.45) is 4.08. The highest BCUT2D eigenvalue weighted by Gasteiger charge is 2.50. The molecule has 0 radical (unpaired) electrons. The fourth-order valence-corrected chi connectivity index (χ4v) is 14.8. The molecule has 0 saturated heterocycles. The summed E-state index contributed by atoms with van der Waals surface area (Å²) >= 11 is 0. The van der Waals surface area contributed by atoms with Gasteiger partial charge in [0.2, 0.25) is 0 Å². The Balaban J connectivity index is 1.09.